The molecule has 0 bridgehead atoms. The van der Waals surface area contributed by atoms with Crippen molar-refractivity contribution in [2.75, 3.05) is 51.4 Å². The molecule has 43 heavy (non-hydrogen) atoms. The fraction of sp³-hybridized carbons (Fsp3) is 0.469. The first kappa shape index (κ1) is 28.1. The second kappa shape index (κ2) is 11.1. The second-order valence-electron chi connectivity index (χ2n) is 12.1. The van der Waals surface area contributed by atoms with Gasteiger partial charge in [-0.05, 0) is 69.3 Å². The van der Waals surface area contributed by atoms with Crippen molar-refractivity contribution in [2.24, 2.45) is 5.41 Å². The van der Waals surface area contributed by atoms with Gasteiger partial charge in [-0.2, -0.15) is 9.97 Å². The minimum absolute atomic E-state index is 0.00798. The van der Waals surface area contributed by atoms with E-state index in [9.17, 15) is 9.50 Å². The number of hydrogen-bond donors (Lipinski definition) is 1. The molecule has 226 valence electrons. The summed E-state index contributed by atoms with van der Waals surface area (Å²) in [4.78, 5) is 18.1. The predicted octanol–water partition coefficient (Wildman–Crippen LogP) is 5.84. The van der Waals surface area contributed by atoms with Crippen LogP contribution in [-0.4, -0.2) is 77.5 Å². The number of ether oxygens (including phenoxy) is 2. The predicted molar refractivity (Wildman–Crippen MR) is 157 cm³/mol. The van der Waals surface area contributed by atoms with Crippen LogP contribution in [0.3, 0.4) is 0 Å². The van der Waals surface area contributed by atoms with Gasteiger partial charge in [0.2, 0.25) is 0 Å². The Morgan fingerprint density at radius 2 is 1.88 bits per heavy atom. The molecule has 7 rings (SSSR count). The zero-order valence-electron chi connectivity index (χ0n) is 24.1. The van der Waals surface area contributed by atoms with E-state index in [-0.39, 0.29) is 44.7 Å². The number of fused-ring (bicyclic) bond motifs is 3. The largest absolute Gasteiger partial charge is 0.508 e. The van der Waals surface area contributed by atoms with Crippen LogP contribution in [-0.2, 0) is 4.74 Å². The van der Waals surface area contributed by atoms with E-state index < -0.39 is 17.5 Å². The van der Waals surface area contributed by atoms with Gasteiger partial charge in [0.1, 0.15) is 22.8 Å². The van der Waals surface area contributed by atoms with Crippen molar-refractivity contribution < 1.29 is 27.8 Å². The lowest BCUT2D eigenvalue weighted by Gasteiger charge is -2.44. The summed E-state index contributed by atoms with van der Waals surface area (Å²) in [6.07, 6.45) is 7.68. The Morgan fingerprint density at radius 3 is 2.77 bits per heavy atom. The Bertz CT molecular complexity index is 1700. The highest BCUT2D eigenvalue weighted by Gasteiger charge is 2.47. The van der Waals surface area contributed by atoms with Crippen molar-refractivity contribution in [3.8, 4) is 23.0 Å². The molecular weight excluding hydrogens is 559 g/mol. The molecule has 2 saturated heterocycles. The van der Waals surface area contributed by atoms with Crippen LogP contribution in [0.4, 0.5) is 19.0 Å². The number of halogens is 3. The number of piperidine rings is 1. The topological polar surface area (TPSA) is 83.8 Å². The van der Waals surface area contributed by atoms with Crippen LogP contribution in [0.25, 0.3) is 32.9 Å². The number of pyridine rings is 1. The van der Waals surface area contributed by atoms with Crippen molar-refractivity contribution in [2.45, 2.75) is 44.6 Å². The Balaban J connectivity index is 1.36. The number of phenols is 1. The number of likely N-dealkylation sites (tertiary alicyclic amines) is 1. The van der Waals surface area contributed by atoms with Crippen LogP contribution in [0.1, 0.15) is 38.5 Å². The third-order valence-electron chi connectivity index (χ3n) is 9.48. The number of rotatable bonds is 5. The summed E-state index contributed by atoms with van der Waals surface area (Å²) < 4.78 is 57.9. The normalized spacial score (nSPS) is 23.1. The van der Waals surface area contributed by atoms with Gasteiger partial charge in [-0.3, -0.25) is 4.98 Å². The summed E-state index contributed by atoms with van der Waals surface area (Å²) in [7, 11) is 2.17. The summed E-state index contributed by atoms with van der Waals surface area (Å²) in [5, 5.41) is 10.8. The monoisotopic (exact) mass is 593 g/mol. The van der Waals surface area contributed by atoms with E-state index in [0.717, 1.165) is 51.1 Å². The van der Waals surface area contributed by atoms with Gasteiger partial charge >= 0.3 is 6.01 Å². The first-order valence-electron chi connectivity index (χ1n) is 15.0. The average Bonchev–Trinajstić information content (AvgIpc) is 3.25. The Morgan fingerprint density at radius 1 is 1.02 bits per heavy atom. The Labute approximate surface area is 247 Å². The van der Waals surface area contributed by atoms with E-state index in [1.165, 1.54) is 24.4 Å². The zero-order valence-corrected chi connectivity index (χ0v) is 24.1. The van der Waals surface area contributed by atoms with Gasteiger partial charge in [-0.1, -0.05) is 12.5 Å². The van der Waals surface area contributed by atoms with Crippen molar-refractivity contribution in [1.29, 1.82) is 0 Å². The van der Waals surface area contributed by atoms with Gasteiger partial charge in [-0.15, -0.1) is 0 Å². The first-order chi connectivity index (χ1) is 20.8. The fourth-order valence-electron chi connectivity index (χ4n) is 7.43. The van der Waals surface area contributed by atoms with Crippen molar-refractivity contribution in [3.63, 3.8) is 0 Å². The molecule has 0 spiro atoms. The molecule has 1 N–H and O–H groups in total. The summed E-state index contributed by atoms with van der Waals surface area (Å²) >= 11 is 0. The van der Waals surface area contributed by atoms with Gasteiger partial charge in [0, 0.05) is 48.3 Å². The molecule has 0 radical (unpaired) electrons. The molecule has 1 saturated carbocycles. The van der Waals surface area contributed by atoms with Crippen molar-refractivity contribution in [3.05, 3.63) is 47.9 Å². The Kier molecular flexibility index (Phi) is 7.25. The number of aromatic hydroxyl groups is 1. The summed E-state index contributed by atoms with van der Waals surface area (Å²) in [6, 6.07) is 5.28. The molecule has 0 amide bonds. The number of phenolic OH excluding ortho intramolecular Hbond substituents is 1. The van der Waals surface area contributed by atoms with Crippen LogP contribution in [0.15, 0.2) is 30.5 Å². The van der Waals surface area contributed by atoms with Crippen LogP contribution in [0, 0.1) is 22.9 Å². The highest BCUT2D eigenvalue weighted by Crippen LogP contribution is 2.47. The smallest absolute Gasteiger partial charge is 0.319 e. The number of aromatic nitrogens is 3. The lowest BCUT2D eigenvalue weighted by atomic mass is 9.76. The van der Waals surface area contributed by atoms with Crippen LogP contribution >= 0.6 is 0 Å². The molecule has 3 aliphatic rings. The summed E-state index contributed by atoms with van der Waals surface area (Å²) in [5.41, 5.74) is -0.373. The number of benzene rings is 2. The highest BCUT2D eigenvalue weighted by molar-refractivity contribution is 6.00. The lowest BCUT2D eigenvalue weighted by Crippen LogP contribution is -2.50. The quantitative estimate of drug-likeness (QED) is 0.309. The SMILES string of the molecule is CN1CCCC2(COc3nc(N4CCCOCC4)c4cnc(-c5cc(O)cc6ccc(F)c(F)c56)c(F)c4n3)CCCC12. The zero-order chi connectivity index (χ0) is 29.7. The molecule has 2 unspecified atom stereocenters. The molecule has 2 aromatic heterocycles. The van der Waals surface area contributed by atoms with E-state index in [2.05, 4.69) is 21.9 Å². The van der Waals surface area contributed by atoms with Crippen LogP contribution < -0.4 is 9.64 Å². The molecule has 2 aliphatic heterocycles. The maximum absolute atomic E-state index is 16.6. The van der Waals surface area contributed by atoms with E-state index in [0.29, 0.717) is 50.2 Å². The maximum Gasteiger partial charge on any atom is 0.319 e. The average molecular weight is 594 g/mol. The minimum atomic E-state index is -1.14. The lowest BCUT2D eigenvalue weighted by molar-refractivity contribution is 0.0133. The van der Waals surface area contributed by atoms with E-state index >= 15 is 8.78 Å². The van der Waals surface area contributed by atoms with E-state index in [1.54, 1.807) is 0 Å². The molecule has 11 heteroatoms. The fourth-order valence-corrected chi connectivity index (χ4v) is 7.43. The third-order valence-corrected chi connectivity index (χ3v) is 9.48. The molecule has 4 aromatic rings. The molecule has 4 heterocycles. The van der Waals surface area contributed by atoms with Gasteiger partial charge < -0.3 is 24.4 Å². The van der Waals surface area contributed by atoms with E-state index in [4.69, 9.17) is 14.5 Å². The van der Waals surface area contributed by atoms with E-state index in [1.807, 2.05) is 4.90 Å². The molecule has 2 aromatic carbocycles. The molecule has 3 fully saturated rings. The summed E-state index contributed by atoms with van der Waals surface area (Å²) in [5.74, 6) is -2.80. The number of nitrogens with zero attached hydrogens (tertiary/aromatic N) is 5. The van der Waals surface area contributed by atoms with Crippen molar-refractivity contribution in [1.82, 2.24) is 19.9 Å². The number of hydrogen-bond acceptors (Lipinski definition) is 8. The van der Waals surface area contributed by atoms with Gasteiger partial charge in [0.15, 0.2) is 17.5 Å². The molecular formula is C32H34F3N5O3. The molecule has 8 nitrogen and oxygen atoms in total. The summed E-state index contributed by atoms with van der Waals surface area (Å²) in [6.45, 7) is 3.80. The van der Waals surface area contributed by atoms with Crippen LogP contribution in [0.2, 0.25) is 0 Å². The first-order valence-corrected chi connectivity index (χ1v) is 15.0. The van der Waals surface area contributed by atoms with Gasteiger partial charge in [-0.25, -0.2) is 13.2 Å². The highest BCUT2D eigenvalue weighted by atomic mass is 19.2. The third kappa shape index (κ3) is 4.92. The van der Waals surface area contributed by atoms with Gasteiger partial charge in [0.05, 0.1) is 18.6 Å². The second-order valence-corrected chi connectivity index (χ2v) is 12.1. The minimum Gasteiger partial charge on any atom is -0.508 e. The van der Waals surface area contributed by atoms with Gasteiger partial charge in [0.25, 0.3) is 0 Å². The maximum atomic E-state index is 16.6. The Hall–Kier alpha value is -3.70. The molecule has 1 aliphatic carbocycles. The standard InChI is InChI=1S/C32H34F3N5O3/c1-39-10-3-9-32(8-2-5-24(32)39)18-43-31-37-29-22(30(38-31)40-11-4-13-42-14-12-40)17-36-28(27(29)35)21-16-20(41)15-19-6-7-23(33)26(34)25(19)21/h6-7,15-17,24,41H,2-5,8-14,18H2,1H3. The number of anilines is 1. The van der Waals surface area contributed by atoms with Crippen LogP contribution in [0.5, 0.6) is 11.8 Å². The molecule has 2 atom stereocenters. The van der Waals surface area contributed by atoms with Crippen molar-refractivity contribution >= 4 is 27.5 Å².